The molecule has 0 saturated heterocycles. The summed E-state index contributed by atoms with van der Waals surface area (Å²) in [5.41, 5.74) is 2.51. The van der Waals surface area contributed by atoms with Crippen LogP contribution in [0.5, 0.6) is 0 Å². The van der Waals surface area contributed by atoms with Crippen molar-refractivity contribution in [3.63, 3.8) is 0 Å². The van der Waals surface area contributed by atoms with E-state index in [9.17, 15) is 4.79 Å². The summed E-state index contributed by atoms with van der Waals surface area (Å²) in [4.78, 5) is 24.1. The predicted octanol–water partition coefficient (Wildman–Crippen LogP) is 1.58. The molecule has 0 aliphatic rings. The van der Waals surface area contributed by atoms with Crippen molar-refractivity contribution in [1.29, 1.82) is 0 Å². The molecular formula is C13H10N4O2. The number of hydrogen-bond donors (Lipinski definition) is 0. The van der Waals surface area contributed by atoms with E-state index in [0.29, 0.717) is 22.6 Å². The number of rotatable bonds is 2. The van der Waals surface area contributed by atoms with Crippen molar-refractivity contribution in [3.8, 4) is 11.4 Å². The first-order chi connectivity index (χ1) is 9.28. The minimum Gasteiger partial charge on any atom is -0.465 e. The fraction of sp³-hybridized carbons (Fsp3) is 0.0769. The van der Waals surface area contributed by atoms with Crippen molar-refractivity contribution in [3.05, 3.63) is 48.7 Å². The number of esters is 1. The molecule has 3 rings (SSSR count). The molecule has 19 heavy (non-hydrogen) atoms. The van der Waals surface area contributed by atoms with Gasteiger partial charge in [-0.3, -0.25) is 9.97 Å². The van der Waals surface area contributed by atoms with Crippen molar-refractivity contribution in [2.24, 2.45) is 0 Å². The molecule has 0 amide bonds. The number of carbonyl (C=O) groups is 1. The molecule has 0 atom stereocenters. The lowest BCUT2D eigenvalue weighted by molar-refractivity contribution is 0.0600. The number of carbonyl (C=O) groups excluding carboxylic acids is 1. The second-order valence-corrected chi connectivity index (χ2v) is 3.89. The minimum atomic E-state index is -0.383. The van der Waals surface area contributed by atoms with Crippen molar-refractivity contribution >= 4 is 11.6 Å². The molecule has 0 aliphatic carbocycles. The molecule has 3 aromatic rings. The fourth-order valence-electron chi connectivity index (χ4n) is 1.78. The van der Waals surface area contributed by atoms with E-state index in [1.54, 1.807) is 36.9 Å². The molecule has 0 saturated carbocycles. The summed E-state index contributed by atoms with van der Waals surface area (Å²) in [6.07, 6.45) is 8.45. The number of aromatic nitrogens is 4. The second-order valence-electron chi connectivity index (χ2n) is 3.89. The van der Waals surface area contributed by atoms with Gasteiger partial charge in [-0.2, -0.15) is 0 Å². The van der Waals surface area contributed by atoms with Crippen molar-refractivity contribution in [2.75, 3.05) is 7.11 Å². The van der Waals surface area contributed by atoms with Crippen LogP contribution in [0.2, 0.25) is 0 Å². The van der Waals surface area contributed by atoms with Crippen LogP contribution in [0.3, 0.4) is 0 Å². The van der Waals surface area contributed by atoms with Crippen LogP contribution in [0.25, 0.3) is 17.0 Å². The average Bonchev–Trinajstić information content (AvgIpc) is 2.90. The van der Waals surface area contributed by atoms with E-state index < -0.39 is 0 Å². The van der Waals surface area contributed by atoms with E-state index in [1.165, 1.54) is 7.11 Å². The maximum absolute atomic E-state index is 11.5. The third kappa shape index (κ3) is 2.03. The summed E-state index contributed by atoms with van der Waals surface area (Å²) in [7, 11) is 1.35. The maximum atomic E-state index is 11.5. The monoisotopic (exact) mass is 254 g/mol. The Morgan fingerprint density at radius 2 is 2.21 bits per heavy atom. The molecule has 0 radical (unpaired) electrons. The molecule has 3 heterocycles. The Hall–Kier alpha value is -2.76. The van der Waals surface area contributed by atoms with Gasteiger partial charge in [-0.25, -0.2) is 9.78 Å². The molecule has 0 fully saturated rings. The number of nitrogens with zero attached hydrogens (tertiary/aromatic N) is 4. The van der Waals surface area contributed by atoms with E-state index in [1.807, 2.05) is 10.6 Å². The Morgan fingerprint density at radius 3 is 2.95 bits per heavy atom. The average molecular weight is 254 g/mol. The Kier molecular flexibility index (Phi) is 2.68. The summed E-state index contributed by atoms with van der Waals surface area (Å²) < 4.78 is 6.49. The first kappa shape index (κ1) is 11.3. The third-order valence-electron chi connectivity index (χ3n) is 2.71. The zero-order chi connectivity index (χ0) is 13.2. The molecule has 6 nitrogen and oxygen atoms in total. The van der Waals surface area contributed by atoms with Gasteiger partial charge in [0, 0.05) is 24.8 Å². The lowest BCUT2D eigenvalue weighted by Gasteiger charge is -1.98. The normalized spacial score (nSPS) is 10.6. The zero-order valence-electron chi connectivity index (χ0n) is 10.1. The third-order valence-corrected chi connectivity index (χ3v) is 2.71. The summed E-state index contributed by atoms with van der Waals surface area (Å²) in [6, 6.07) is 3.35. The Labute approximate surface area is 108 Å². The van der Waals surface area contributed by atoms with Crippen LogP contribution in [-0.4, -0.2) is 32.4 Å². The lowest BCUT2D eigenvalue weighted by Crippen LogP contribution is -2.01. The van der Waals surface area contributed by atoms with Crippen LogP contribution in [-0.2, 0) is 4.74 Å². The van der Waals surface area contributed by atoms with Gasteiger partial charge in [-0.15, -0.1) is 0 Å². The van der Waals surface area contributed by atoms with Crippen LogP contribution in [0, 0.1) is 0 Å². The van der Waals surface area contributed by atoms with Crippen LogP contribution in [0.4, 0.5) is 0 Å². The van der Waals surface area contributed by atoms with Crippen LogP contribution in [0.1, 0.15) is 10.4 Å². The van der Waals surface area contributed by atoms with Gasteiger partial charge >= 0.3 is 5.97 Å². The summed E-state index contributed by atoms with van der Waals surface area (Å²) >= 11 is 0. The predicted molar refractivity (Wildman–Crippen MR) is 67.6 cm³/mol. The highest BCUT2D eigenvalue weighted by atomic mass is 16.5. The first-order valence-electron chi connectivity index (χ1n) is 5.61. The highest BCUT2D eigenvalue weighted by molar-refractivity contribution is 5.90. The number of fused-ring (bicyclic) bond motifs is 1. The van der Waals surface area contributed by atoms with Gasteiger partial charge in [0.2, 0.25) is 0 Å². The standard InChI is InChI=1S/C13H10N4O2/c1-19-13(18)9-2-5-17-8-11(16-12(17)6-9)10-7-14-3-4-15-10/h2-8H,1H3. The van der Waals surface area contributed by atoms with Gasteiger partial charge in [0.05, 0.1) is 18.9 Å². The molecule has 3 aromatic heterocycles. The van der Waals surface area contributed by atoms with Gasteiger partial charge < -0.3 is 9.14 Å². The molecule has 0 bridgehead atoms. The lowest BCUT2D eigenvalue weighted by atomic mass is 10.3. The molecule has 94 valence electrons. The minimum absolute atomic E-state index is 0.383. The van der Waals surface area contributed by atoms with E-state index in [-0.39, 0.29) is 5.97 Å². The van der Waals surface area contributed by atoms with Gasteiger partial charge in [0.25, 0.3) is 0 Å². The first-order valence-corrected chi connectivity index (χ1v) is 5.61. The Balaban J connectivity index is 2.09. The molecule has 0 aliphatic heterocycles. The second kappa shape index (κ2) is 4.49. The van der Waals surface area contributed by atoms with E-state index in [2.05, 4.69) is 19.7 Å². The highest BCUT2D eigenvalue weighted by Gasteiger charge is 2.09. The highest BCUT2D eigenvalue weighted by Crippen LogP contribution is 2.16. The Bertz CT molecular complexity index is 737. The molecule has 0 N–H and O–H groups in total. The van der Waals surface area contributed by atoms with Crippen molar-refractivity contribution in [2.45, 2.75) is 0 Å². The number of pyridine rings is 1. The molecule has 0 aromatic carbocycles. The number of hydrogen-bond acceptors (Lipinski definition) is 5. The summed E-state index contributed by atoms with van der Waals surface area (Å²) in [5, 5.41) is 0. The SMILES string of the molecule is COC(=O)c1ccn2cc(-c3cnccn3)nc2c1. The quantitative estimate of drug-likeness (QED) is 0.649. The molecular weight excluding hydrogens is 244 g/mol. The van der Waals surface area contributed by atoms with E-state index in [0.717, 1.165) is 0 Å². The topological polar surface area (TPSA) is 69.4 Å². The smallest absolute Gasteiger partial charge is 0.338 e. The maximum Gasteiger partial charge on any atom is 0.338 e. The van der Waals surface area contributed by atoms with Gasteiger partial charge in [0.15, 0.2) is 0 Å². The summed E-state index contributed by atoms with van der Waals surface area (Å²) in [6.45, 7) is 0. The van der Waals surface area contributed by atoms with Gasteiger partial charge in [0.1, 0.15) is 17.0 Å². The van der Waals surface area contributed by atoms with Crippen LogP contribution in [0.15, 0.2) is 43.1 Å². The van der Waals surface area contributed by atoms with Crippen molar-refractivity contribution in [1.82, 2.24) is 19.4 Å². The molecule has 0 unspecified atom stereocenters. The van der Waals surface area contributed by atoms with Crippen molar-refractivity contribution < 1.29 is 9.53 Å². The fourth-order valence-corrected chi connectivity index (χ4v) is 1.78. The van der Waals surface area contributed by atoms with Crippen LogP contribution < -0.4 is 0 Å². The van der Waals surface area contributed by atoms with E-state index in [4.69, 9.17) is 0 Å². The zero-order valence-corrected chi connectivity index (χ0v) is 10.1. The number of methoxy groups -OCH3 is 1. The molecule has 6 heteroatoms. The van der Waals surface area contributed by atoms with Gasteiger partial charge in [-0.05, 0) is 12.1 Å². The largest absolute Gasteiger partial charge is 0.465 e. The number of ether oxygens (including phenoxy) is 1. The van der Waals surface area contributed by atoms with E-state index >= 15 is 0 Å². The summed E-state index contributed by atoms with van der Waals surface area (Å²) in [5.74, 6) is -0.383. The van der Waals surface area contributed by atoms with Crippen LogP contribution >= 0.6 is 0 Å². The van der Waals surface area contributed by atoms with Gasteiger partial charge in [-0.1, -0.05) is 0 Å². The molecule has 0 spiro atoms. The number of imidazole rings is 1. The Morgan fingerprint density at radius 1 is 1.32 bits per heavy atom.